The van der Waals surface area contributed by atoms with Crippen LogP contribution in [0.5, 0.6) is 0 Å². The fourth-order valence-electron chi connectivity index (χ4n) is 3.42. The number of pyridine rings is 1. The van der Waals surface area contributed by atoms with Crippen molar-refractivity contribution < 1.29 is 0 Å². The third-order valence-electron chi connectivity index (χ3n) is 4.77. The third-order valence-corrected chi connectivity index (χ3v) is 4.77. The van der Waals surface area contributed by atoms with Crippen LogP contribution in [0.15, 0.2) is 30.9 Å². The Kier molecular flexibility index (Phi) is 4.21. The van der Waals surface area contributed by atoms with E-state index in [1.54, 1.807) is 12.5 Å². The molecular formula is C18H22N6. The number of likely N-dealkylation sites (tertiary alicyclic amines) is 1. The standard InChI is InChI=1S/C18H22N6/c1-14-15(6-5-7-19-14)17-16-12-22-24(18(16)21-13-20-17)11-10-23-8-3-2-4-9-23/h5-7,12-13H,2-4,8-11H2,1H3. The SMILES string of the molecule is Cc1ncccc1-c1ncnc2c1cnn2CCN1CCCCC1. The predicted octanol–water partition coefficient (Wildman–Crippen LogP) is 2.68. The van der Waals surface area contributed by atoms with Gasteiger partial charge in [-0.1, -0.05) is 6.42 Å². The summed E-state index contributed by atoms with van der Waals surface area (Å²) in [6.45, 7) is 6.31. The monoisotopic (exact) mass is 322 g/mol. The highest BCUT2D eigenvalue weighted by atomic mass is 15.3. The molecule has 4 heterocycles. The fourth-order valence-corrected chi connectivity index (χ4v) is 3.42. The van der Waals surface area contributed by atoms with Crippen molar-refractivity contribution in [3.8, 4) is 11.3 Å². The lowest BCUT2D eigenvalue weighted by molar-refractivity contribution is 0.219. The number of piperidine rings is 1. The highest BCUT2D eigenvalue weighted by Crippen LogP contribution is 2.26. The zero-order valence-electron chi connectivity index (χ0n) is 14.0. The molecule has 1 fully saturated rings. The van der Waals surface area contributed by atoms with E-state index in [-0.39, 0.29) is 0 Å². The maximum atomic E-state index is 4.56. The van der Waals surface area contributed by atoms with E-state index in [1.165, 1.54) is 32.4 Å². The van der Waals surface area contributed by atoms with E-state index in [9.17, 15) is 0 Å². The molecule has 6 heteroatoms. The summed E-state index contributed by atoms with van der Waals surface area (Å²) in [5, 5.41) is 5.56. The first-order valence-corrected chi connectivity index (χ1v) is 8.64. The number of aromatic nitrogens is 5. The Morgan fingerprint density at radius 3 is 2.75 bits per heavy atom. The van der Waals surface area contributed by atoms with Crippen LogP contribution in [0.2, 0.25) is 0 Å². The minimum atomic E-state index is 0.867. The number of hydrogen-bond donors (Lipinski definition) is 0. The van der Waals surface area contributed by atoms with Gasteiger partial charge >= 0.3 is 0 Å². The molecule has 0 bridgehead atoms. The molecule has 0 spiro atoms. The molecule has 6 nitrogen and oxygen atoms in total. The van der Waals surface area contributed by atoms with E-state index in [0.29, 0.717) is 0 Å². The number of fused-ring (bicyclic) bond motifs is 1. The van der Waals surface area contributed by atoms with Gasteiger partial charge in [0.1, 0.15) is 6.33 Å². The van der Waals surface area contributed by atoms with Crippen LogP contribution in [0.4, 0.5) is 0 Å². The topological polar surface area (TPSA) is 59.7 Å². The van der Waals surface area contributed by atoms with Gasteiger partial charge in [-0.3, -0.25) is 4.98 Å². The molecule has 4 rings (SSSR count). The summed E-state index contributed by atoms with van der Waals surface area (Å²) in [6, 6.07) is 3.99. The average Bonchev–Trinajstić information content (AvgIpc) is 3.05. The summed E-state index contributed by atoms with van der Waals surface area (Å²) in [5.41, 5.74) is 3.83. The van der Waals surface area contributed by atoms with Crippen molar-refractivity contribution in [2.24, 2.45) is 0 Å². The quantitative estimate of drug-likeness (QED) is 0.739. The van der Waals surface area contributed by atoms with Gasteiger partial charge in [-0.2, -0.15) is 5.10 Å². The molecule has 1 aliphatic rings. The summed E-state index contributed by atoms with van der Waals surface area (Å²) in [5.74, 6) is 0. The Hall–Kier alpha value is -2.34. The molecule has 0 aliphatic carbocycles. The van der Waals surface area contributed by atoms with Crippen LogP contribution in [0, 0.1) is 6.92 Å². The van der Waals surface area contributed by atoms with E-state index in [1.807, 2.05) is 23.9 Å². The third kappa shape index (κ3) is 2.89. The van der Waals surface area contributed by atoms with Crippen molar-refractivity contribution >= 4 is 11.0 Å². The predicted molar refractivity (Wildman–Crippen MR) is 93.6 cm³/mol. The summed E-state index contributed by atoms with van der Waals surface area (Å²) in [7, 11) is 0. The van der Waals surface area contributed by atoms with Crippen LogP contribution < -0.4 is 0 Å². The van der Waals surface area contributed by atoms with Crippen molar-refractivity contribution in [1.29, 1.82) is 0 Å². The van der Waals surface area contributed by atoms with Crippen LogP contribution >= 0.6 is 0 Å². The largest absolute Gasteiger partial charge is 0.301 e. The second-order valence-electron chi connectivity index (χ2n) is 6.37. The van der Waals surface area contributed by atoms with Gasteiger partial charge in [0.05, 0.1) is 23.8 Å². The maximum absolute atomic E-state index is 4.56. The molecule has 124 valence electrons. The molecule has 0 amide bonds. The van der Waals surface area contributed by atoms with Gasteiger partial charge in [0, 0.05) is 24.0 Å². The summed E-state index contributed by atoms with van der Waals surface area (Å²) >= 11 is 0. The molecule has 0 aromatic carbocycles. The number of hydrogen-bond acceptors (Lipinski definition) is 5. The van der Waals surface area contributed by atoms with Gasteiger partial charge in [-0.15, -0.1) is 0 Å². The average molecular weight is 322 g/mol. The first kappa shape index (κ1) is 15.2. The fraction of sp³-hybridized carbons (Fsp3) is 0.444. The van der Waals surface area contributed by atoms with Crippen molar-refractivity contribution in [2.45, 2.75) is 32.7 Å². The Balaban J connectivity index is 1.63. The highest BCUT2D eigenvalue weighted by molar-refractivity contribution is 5.90. The van der Waals surface area contributed by atoms with Crippen LogP contribution in [0.25, 0.3) is 22.3 Å². The van der Waals surface area contributed by atoms with E-state index < -0.39 is 0 Å². The van der Waals surface area contributed by atoms with Crippen LogP contribution in [-0.4, -0.2) is 49.3 Å². The summed E-state index contributed by atoms with van der Waals surface area (Å²) in [6.07, 6.45) is 9.30. The number of aryl methyl sites for hydroxylation is 1. The second kappa shape index (κ2) is 6.65. The lowest BCUT2D eigenvalue weighted by Crippen LogP contribution is -2.32. The normalized spacial score (nSPS) is 15.9. The van der Waals surface area contributed by atoms with E-state index in [0.717, 1.165) is 41.1 Å². The molecule has 1 aliphatic heterocycles. The maximum Gasteiger partial charge on any atom is 0.161 e. The molecule has 3 aromatic heterocycles. The Morgan fingerprint density at radius 2 is 1.92 bits per heavy atom. The molecule has 0 N–H and O–H groups in total. The number of nitrogens with zero attached hydrogens (tertiary/aromatic N) is 6. The Labute approximate surface area is 141 Å². The van der Waals surface area contributed by atoms with Gasteiger partial charge in [0.15, 0.2) is 5.65 Å². The molecule has 0 atom stereocenters. The van der Waals surface area contributed by atoms with Crippen molar-refractivity contribution in [3.63, 3.8) is 0 Å². The molecule has 3 aromatic rings. The summed E-state index contributed by atoms with van der Waals surface area (Å²) in [4.78, 5) is 15.8. The molecule has 0 saturated carbocycles. The van der Waals surface area contributed by atoms with Crippen LogP contribution in [0.1, 0.15) is 25.0 Å². The molecule has 0 radical (unpaired) electrons. The van der Waals surface area contributed by atoms with Crippen molar-refractivity contribution in [3.05, 3.63) is 36.5 Å². The van der Waals surface area contributed by atoms with Crippen molar-refractivity contribution in [1.82, 2.24) is 29.6 Å². The first-order chi connectivity index (χ1) is 11.8. The molecule has 1 saturated heterocycles. The lowest BCUT2D eigenvalue weighted by atomic mass is 10.1. The minimum Gasteiger partial charge on any atom is -0.301 e. The van der Waals surface area contributed by atoms with Gasteiger partial charge in [0.2, 0.25) is 0 Å². The summed E-state index contributed by atoms with van der Waals surface area (Å²) < 4.78 is 2.00. The van der Waals surface area contributed by atoms with Gasteiger partial charge in [-0.05, 0) is 45.0 Å². The Morgan fingerprint density at radius 1 is 1.04 bits per heavy atom. The lowest BCUT2D eigenvalue weighted by Gasteiger charge is -2.26. The zero-order valence-corrected chi connectivity index (χ0v) is 14.0. The molecular weight excluding hydrogens is 300 g/mol. The van der Waals surface area contributed by atoms with E-state index in [4.69, 9.17) is 0 Å². The van der Waals surface area contributed by atoms with Gasteiger partial charge < -0.3 is 4.90 Å². The second-order valence-corrected chi connectivity index (χ2v) is 6.37. The van der Waals surface area contributed by atoms with E-state index >= 15 is 0 Å². The first-order valence-electron chi connectivity index (χ1n) is 8.64. The number of rotatable bonds is 4. The van der Waals surface area contributed by atoms with E-state index in [2.05, 4.69) is 31.0 Å². The minimum absolute atomic E-state index is 0.867. The zero-order chi connectivity index (χ0) is 16.4. The Bertz CT molecular complexity index is 834. The highest BCUT2D eigenvalue weighted by Gasteiger charge is 2.15. The van der Waals surface area contributed by atoms with Gasteiger partial charge in [0.25, 0.3) is 0 Å². The van der Waals surface area contributed by atoms with Crippen molar-refractivity contribution in [2.75, 3.05) is 19.6 Å². The van der Waals surface area contributed by atoms with Crippen LogP contribution in [0.3, 0.4) is 0 Å². The van der Waals surface area contributed by atoms with Gasteiger partial charge in [-0.25, -0.2) is 14.6 Å². The molecule has 24 heavy (non-hydrogen) atoms. The molecule has 0 unspecified atom stereocenters. The van der Waals surface area contributed by atoms with Crippen LogP contribution in [-0.2, 0) is 6.54 Å². The smallest absolute Gasteiger partial charge is 0.161 e.